The predicted octanol–water partition coefficient (Wildman–Crippen LogP) is 1.77. The minimum absolute atomic E-state index is 0.861. The summed E-state index contributed by atoms with van der Waals surface area (Å²) in [5, 5.41) is 4.55. The van der Waals surface area contributed by atoms with Crippen LogP contribution in [-0.4, -0.2) is 60.6 Å². The van der Waals surface area contributed by atoms with E-state index in [4.69, 9.17) is 0 Å². The van der Waals surface area contributed by atoms with Gasteiger partial charge in [0.1, 0.15) is 0 Å². The number of thioether (sulfide) groups is 2. The molecule has 94 valence electrons. The van der Waals surface area contributed by atoms with Gasteiger partial charge in [0.05, 0.1) is 0 Å². The Morgan fingerprint density at radius 3 is 3.00 bits per heavy atom. The summed E-state index contributed by atoms with van der Waals surface area (Å²) < 4.78 is 0. The first-order valence-electron chi connectivity index (χ1n) is 6.43. The van der Waals surface area contributed by atoms with Gasteiger partial charge < -0.3 is 10.2 Å². The Hall–Kier alpha value is 0.620. The number of likely N-dealkylation sites (tertiary alicyclic amines) is 1. The third-order valence-corrected chi connectivity index (χ3v) is 6.26. The summed E-state index contributed by atoms with van der Waals surface area (Å²) in [6.07, 6.45) is 2.81. The van der Waals surface area contributed by atoms with Crippen LogP contribution in [-0.2, 0) is 0 Å². The lowest BCUT2D eigenvalue weighted by atomic mass is 9.98. The average molecular weight is 260 g/mol. The third kappa shape index (κ3) is 4.47. The zero-order valence-electron chi connectivity index (χ0n) is 10.3. The lowest BCUT2D eigenvalue weighted by Crippen LogP contribution is -2.39. The monoisotopic (exact) mass is 260 g/mol. The molecule has 0 radical (unpaired) electrons. The largest absolute Gasteiger partial charge is 0.315 e. The van der Waals surface area contributed by atoms with E-state index in [-0.39, 0.29) is 0 Å². The van der Waals surface area contributed by atoms with Crippen molar-refractivity contribution >= 4 is 23.5 Å². The van der Waals surface area contributed by atoms with E-state index < -0.39 is 0 Å². The maximum Gasteiger partial charge on any atom is 0.0263 e. The number of rotatable bonds is 4. The molecule has 0 bridgehead atoms. The van der Waals surface area contributed by atoms with Crippen molar-refractivity contribution in [2.75, 3.05) is 50.5 Å². The molecular formula is C12H24N2S2. The van der Waals surface area contributed by atoms with E-state index in [2.05, 4.69) is 40.8 Å². The van der Waals surface area contributed by atoms with Crippen LogP contribution in [0.15, 0.2) is 0 Å². The predicted molar refractivity (Wildman–Crippen MR) is 76.7 cm³/mol. The molecule has 2 aliphatic rings. The Labute approximate surface area is 108 Å². The van der Waals surface area contributed by atoms with Crippen LogP contribution >= 0.6 is 23.5 Å². The molecule has 2 atom stereocenters. The summed E-state index contributed by atoms with van der Waals surface area (Å²) in [6.45, 7) is 5.04. The van der Waals surface area contributed by atoms with Gasteiger partial charge in [0, 0.05) is 35.6 Å². The average Bonchev–Trinajstić information content (AvgIpc) is 2.30. The standard InChI is InChI=1S/C12H24N2S2/c1-14-4-2-3-11(9-14)7-13-8-12-10-15-5-6-16-12/h11-13H,2-10H2,1H3. The number of nitrogens with one attached hydrogen (secondary N) is 1. The summed E-state index contributed by atoms with van der Waals surface area (Å²) >= 11 is 4.28. The van der Waals surface area contributed by atoms with Crippen molar-refractivity contribution in [2.24, 2.45) is 5.92 Å². The Bertz CT molecular complexity index is 195. The highest BCUT2D eigenvalue weighted by Gasteiger charge is 2.18. The smallest absolute Gasteiger partial charge is 0.0263 e. The minimum Gasteiger partial charge on any atom is -0.315 e. The van der Waals surface area contributed by atoms with Crippen LogP contribution in [0.5, 0.6) is 0 Å². The summed E-state index contributed by atoms with van der Waals surface area (Å²) in [7, 11) is 2.25. The minimum atomic E-state index is 0.861. The van der Waals surface area contributed by atoms with Gasteiger partial charge in [0.2, 0.25) is 0 Å². The van der Waals surface area contributed by atoms with Crippen LogP contribution < -0.4 is 5.32 Å². The van der Waals surface area contributed by atoms with Crippen LogP contribution in [0.2, 0.25) is 0 Å². The highest BCUT2D eigenvalue weighted by molar-refractivity contribution is 8.06. The van der Waals surface area contributed by atoms with E-state index in [9.17, 15) is 0 Å². The van der Waals surface area contributed by atoms with Crippen LogP contribution in [0.25, 0.3) is 0 Å². The quantitative estimate of drug-likeness (QED) is 0.828. The molecule has 2 rings (SSSR count). The van der Waals surface area contributed by atoms with Gasteiger partial charge in [-0.2, -0.15) is 23.5 Å². The zero-order chi connectivity index (χ0) is 11.2. The molecule has 2 fully saturated rings. The summed E-state index contributed by atoms with van der Waals surface area (Å²) in [5.74, 6) is 4.94. The van der Waals surface area contributed by atoms with Crippen LogP contribution in [0.4, 0.5) is 0 Å². The summed E-state index contributed by atoms with van der Waals surface area (Å²) in [5.41, 5.74) is 0. The van der Waals surface area contributed by atoms with E-state index in [1.807, 2.05) is 0 Å². The second kappa shape index (κ2) is 7.14. The van der Waals surface area contributed by atoms with Crippen molar-refractivity contribution < 1.29 is 0 Å². The van der Waals surface area contributed by atoms with E-state index in [1.54, 1.807) is 0 Å². The number of nitrogens with zero attached hydrogens (tertiary/aromatic N) is 1. The second-order valence-corrected chi connectivity index (χ2v) is 7.55. The van der Waals surface area contributed by atoms with Gasteiger partial charge >= 0.3 is 0 Å². The molecule has 2 aliphatic heterocycles. The zero-order valence-corrected chi connectivity index (χ0v) is 11.9. The van der Waals surface area contributed by atoms with E-state index in [1.165, 1.54) is 56.3 Å². The molecule has 4 heteroatoms. The van der Waals surface area contributed by atoms with Gasteiger partial charge in [0.15, 0.2) is 0 Å². The first-order valence-corrected chi connectivity index (χ1v) is 8.63. The van der Waals surface area contributed by atoms with Gasteiger partial charge in [-0.1, -0.05) is 0 Å². The maximum absolute atomic E-state index is 3.68. The van der Waals surface area contributed by atoms with Crippen molar-refractivity contribution in [3.63, 3.8) is 0 Å². The lowest BCUT2D eigenvalue weighted by Gasteiger charge is -2.30. The molecule has 2 heterocycles. The SMILES string of the molecule is CN1CCCC(CNCC2CSCCS2)C1. The molecule has 0 amide bonds. The van der Waals surface area contributed by atoms with Crippen LogP contribution in [0.3, 0.4) is 0 Å². The first-order chi connectivity index (χ1) is 7.84. The van der Waals surface area contributed by atoms with Crippen LogP contribution in [0, 0.1) is 5.92 Å². The summed E-state index contributed by atoms with van der Waals surface area (Å²) in [4.78, 5) is 2.47. The highest BCUT2D eigenvalue weighted by Crippen LogP contribution is 2.23. The molecule has 0 saturated carbocycles. The fourth-order valence-electron chi connectivity index (χ4n) is 2.54. The van der Waals surface area contributed by atoms with E-state index >= 15 is 0 Å². The fourth-order valence-corrected chi connectivity index (χ4v) is 5.19. The topological polar surface area (TPSA) is 15.3 Å². The van der Waals surface area contributed by atoms with E-state index in [0.29, 0.717) is 0 Å². The molecule has 16 heavy (non-hydrogen) atoms. The second-order valence-electron chi connectivity index (χ2n) is 5.00. The number of piperidine rings is 1. The normalized spacial score (nSPS) is 32.8. The number of hydrogen-bond donors (Lipinski definition) is 1. The summed E-state index contributed by atoms with van der Waals surface area (Å²) in [6, 6.07) is 0. The molecule has 2 nitrogen and oxygen atoms in total. The van der Waals surface area contributed by atoms with Crippen molar-refractivity contribution in [3.05, 3.63) is 0 Å². The van der Waals surface area contributed by atoms with E-state index in [0.717, 1.165) is 11.2 Å². The van der Waals surface area contributed by atoms with Crippen molar-refractivity contribution in [3.8, 4) is 0 Å². The third-order valence-electron chi connectivity index (χ3n) is 3.41. The Kier molecular flexibility index (Phi) is 5.83. The Morgan fingerprint density at radius 1 is 1.31 bits per heavy atom. The van der Waals surface area contributed by atoms with Crippen LogP contribution in [0.1, 0.15) is 12.8 Å². The van der Waals surface area contributed by atoms with Gasteiger partial charge in [-0.3, -0.25) is 0 Å². The van der Waals surface area contributed by atoms with Crippen molar-refractivity contribution in [1.29, 1.82) is 0 Å². The van der Waals surface area contributed by atoms with Gasteiger partial charge in [0.25, 0.3) is 0 Å². The first kappa shape index (κ1) is 13.1. The molecule has 2 unspecified atom stereocenters. The lowest BCUT2D eigenvalue weighted by molar-refractivity contribution is 0.206. The molecule has 0 aromatic carbocycles. The molecule has 0 aromatic rings. The molecule has 2 saturated heterocycles. The molecule has 0 aromatic heterocycles. The number of hydrogen-bond acceptors (Lipinski definition) is 4. The van der Waals surface area contributed by atoms with Gasteiger partial charge in [-0.05, 0) is 38.9 Å². The Balaban J connectivity index is 1.56. The molecule has 0 spiro atoms. The fraction of sp³-hybridized carbons (Fsp3) is 1.00. The molecular weight excluding hydrogens is 236 g/mol. The van der Waals surface area contributed by atoms with Crippen molar-refractivity contribution in [2.45, 2.75) is 18.1 Å². The van der Waals surface area contributed by atoms with Crippen molar-refractivity contribution in [1.82, 2.24) is 10.2 Å². The molecule has 0 aliphatic carbocycles. The Morgan fingerprint density at radius 2 is 2.25 bits per heavy atom. The highest BCUT2D eigenvalue weighted by atomic mass is 32.2. The molecule has 1 N–H and O–H groups in total. The van der Waals surface area contributed by atoms with Gasteiger partial charge in [-0.25, -0.2) is 0 Å². The van der Waals surface area contributed by atoms with Gasteiger partial charge in [-0.15, -0.1) is 0 Å². The maximum atomic E-state index is 3.68.